The minimum absolute atomic E-state index is 0.285. The van der Waals surface area contributed by atoms with Crippen LogP contribution in [0.4, 0.5) is 0 Å². The Hall–Kier alpha value is -1.31. The number of rotatable bonds is 5. The van der Waals surface area contributed by atoms with Crippen LogP contribution in [0, 0.1) is 18.3 Å². The van der Waals surface area contributed by atoms with E-state index in [2.05, 4.69) is 17.9 Å². The molecule has 0 aliphatic carbocycles. The van der Waals surface area contributed by atoms with E-state index in [1.165, 1.54) is 24.1 Å². The highest BCUT2D eigenvalue weighted by molar-refractivity contribution is 5.34. The number of hydrogen-bond donors (Lipinski definition) is 1. The summed E-state index contributed by atoms with van der Waals surface area (Å²) in [7, 11) is 1.95. The van der Waals surface area contributed by atoms with Gasteiger partial charge in [0.2, 0.25) is 0 Å². The van der Waals surface area contributed by atoms with Crippen LogP contribution in [0.5, 0.6) is 0 Å². The SMILES string of the molecule is Cc1c(CN2CCCC2CCCO)cc(C#N)n1C. The highest BCUT2D eigenvalue weighted by Gasteiger charge is 2.25. The smallest absolute Gasteiger partial charge is 0.120 e. The molecule has 0 amide bonds. The minimum Gasteiger partial charge on any atom is -0.396 e. The average molecular weight is 261 g/mol. The van der Waals surface area contributed by atoms with E-state index in [4.69, 9.17) is 10.4 Å². The molecule has 104 valence electrons. The Morgan fingerprint density at radius 1 is 1.53 bits per heavy atom. The quantitative estimate of drug-likeness (QED) is 0.881. The van der Waals surface area contributed by atoms with E-state index in [0.29, 0.717) is 6.04 Å². The molecule has 19 heavy (non-hydrogen) atoms. The summed E-state index contributed by atoms with van der Waals surface area (Å²) < 4.78 is 1.97. The lowest BCUT2D eigenvalue weighted by molar-refractivity contribution is 0.210. The molecule has 0 radical (unpaired) electrons. The third-order valence-corrected chi connectivity index (χ3v) is 4.32. The second-order valence-corrected chi connectivity index (χ2v) is 5.44. The largest absolute Gasteiger partial charge is 0.396 e. The molecule has 1 aliphatic rings. The topological polar surface area (TPSA) is 52.2 Å². The second kappa shape index (κ2) is 6.23. The molecular formula is C15H23N3O. The van der Waals surface area contributed by atoms with E-state index in [0.717, 1.165) is 31.6 Å². The Balaban J connectivity index is 2.06. The predicted molar refractivity (Wildman–Crippen MR) is 74.6 cm³/mol. The summed E-state index contributed by atoms with van der Waals surface area (Å²) in [6, 6.07) is 4.84. The van der Waals surface area contributed by atoms with Crippen molar-refractivity contribution >= 4 is 0 Å². The first-order chi connectivity index (χ1) is 9.17. The van der Waals surface area contributed by atoms with Gasteiger partial charge in [-0.2, -0.15) is 5.26 Å². The van der Waals surface area contributed by atoms with Crippen molar-refractivity contribution in [2.45, 2.75) is 45.2 Å². The fourth-order valence-corrected chi connectivity index (χ4v) is 3.01. The van der Waals surface area contributed by atoms with Gasteiger partial charge in [0.1, 0.15) is 11.8 Å². The van der Waals surface area contributed by atoms with Gasteiger partial charge in [-0.05, 0) is 50.8 Å². The molecule has 0 bridgehead atoms. The number of nitrogens with zero attached hydrogens (tertiary/aromatic N) is 3. The van der Waals surface area contributed by atoms with Crippen molar-refractivity contribution in [1.82, 2.24) is 9.47 Å². The van der Waals surface area contributed by atoms with E-state index in [9.17, 15) is 0 Å². The Morgan fingerprint density at radius 2 is 2.32 bits per heavy atom. The number of aromatic nitrogens is 1. The Morgan fingerprint density at radius 3 is 2.95 bits per heavy atom. The molecule has 1 saturated heterocycles. The third kappa shape index (κ3) is 2.99. The Labute approximate surface area is 115 Å². The number of aliphatic hydroxyl groups excluding tert-OH is 1. The van der Waals surface area contributed by atoms with Crippen molar-refractivity contribution in [3.63, 3.8) is 0 Å². The predicted octanol–water partition coefficient (Wildman–Crippen LogP) is 1.94. The number of hydrogen-bond acceptors (Lipinski definition) is 3. The zero-order valence-electron chi connectivity index (χ0n) is 11.9. The molecule has 0 aromatic carbocycles. The summed E-state index contributed by atoms with van der Waals surface area (Å²) in [5, 5.41) is 18.0. The van der Waals surface area contributed by atoms with Crippen LogP contribution in [-0.4, -0.2) is 33.8 Å². The van der Waals surface area contributed by atoms with Crippen LogP contribution >= 0.6 is 0 Å². The zero-order valence-corrected chi connectivity index (χ0v) is 11.9. The van der Waals surface area contributed by atoms with Crippen molar-refractivity contribution in [2.24, 2.45) is 7.05 Å². The Bertz CT molecular complexity index is 472. The van der Waals surface area contributed by atoms with Crippen LogP contribution < -0.4 is 0 Å². The molecule has 1 aliphatic heterocycles. The van der Waals surface area contributed by atoms with Gasteiger partial charge in [0, 0.05) is 31.9 Å². The molecule has 2 rings (SSSR count). The zero-order chi connectivity index (χ0) is 13.8. The van der Waals surface area contributed by atoms with Crippen LogP contribution in [0.3, 0.4) is 0 Å². The summed E-state index contributed by atoms with van der Waals surface area (Å²) in [6.45, 7) is 4.42. The van der Waals surface area contributed by atoms with Crippen molar-refractivity contribution in [3.05, 3.63) is 23.0 Å². The summed E-state index contributed by atoms with van der Waals surface area (Å²) in [4.78, 5) is 2.50. The average Bonchev–Trinajstić information content (AvgIpc) is 2.96. The monoisotopic (exact) mass is 261 g/mol. The lowest BCUT2D eigenvalue weighted by Crippen LogP contribution is -2.29. The van der Waals surface area contributed by atoms with Gasteiger partial charge in [-0.25, -0.2) is 0 Å². The first-order valence-corrected chi connectivity index (χ1v) is 7.07. The number of nitriles is 1. The van der Waals surface area contributed by atoms with Gasteiger partial charge < -0.3 is 9.67 Å². The molecule has 1 atom stereocenters. The van der Waals surface area contributed by atoms with Crippen LogP contribution in [0.25, 0.3) is 0 Å². The molecule has 1 aromatic heterocycles. The van der Waals surface area contributed by atoms with Crippen LogP contribution in [-0.2, 0) is 13.6 Å². The van der Waals surface area contributed by atoms with E-state index < -0.39 is 0 Å². The van der Waals surface area contributed by atoms with Gasteiger partial charge in [0.05, 0.1) is 0 Å². The van der Waals surface area contributed by atoms with Crippen molar-refractivity contribution in [3.8, 4) is 6.07 Å². The molecule has 4 nitrogen and oxygen atoms in total. The summed E-state index contributed by atoms with van der Waals surface area (Å²) in [5.41, 5.74) is 3.18. The van der Waals surface area contributed by atoms with Crippen LogP contribution in [0.15, 0.2) is 6.07 Å². The highest BCUT2D eigenvalue weighted by Crippen LogP contribution is 2.25. The van der Waals surface area contributed by atoms with Gasteiger partial charge in [-0.3, -0.25) is 4.90 Å². The van der Waals surface area contributed by atoms with Crippen molar-refractivity contribution in [2.75, 3.05) is 13.2 Å². The third-order valence-electron chi connectivity index (χ3n) is 4.32. The maximum absolute atomic E-state index is 9.07. The summed E-state index contributed by atoms with van der Waals surface area (Å²) in [6.07, 6.45) is 4.44. The lowest BCUT2D eigenvalue weighted by atomic mass is 10.1. The van der Waals surface area contributed by atoms with Gasteiger partial charge >= 0.3 is 0 Å². The van der Waals surface area contributed by atoms with E-state index in [-0.39, 0.29) is 6.61 Å². The summed E-state index contributed by atoms with van der Waals surface area (Å²) in [5.74, 6) is 0. The Kier molecular flexibility index (Phi) is 4.62. The van der Waals surface area contributed by atoms with Gasteiger partial charge in [0.15, 0.2) is 0 Å². The van der Waals surface area contributed by atoms with Gasteiger partial charge in [-0.15, -0.1) is 0 Å². The molecule has 1 N–H and O–H groups in total. The molecule has 4 heteroatoms. The maximum Gasteiger partial charge on any atom is 0.120 e. The lowest BCUT2D eigenvalue weighted by Gasteiger charge is -2.24. The normalized spacial score (nSPS) is 19.8. The fourth-order valence-electron chi connectivity index (χ4n) is 3.01. The number of aliphatic hydroxyl groups is 1. The summed E-state index contributed by atoms with van der Waals surface area (Å²) >= 11 is 0. The van der Waals surface area contributed by atoms with Crippen molar-refractivity contribution < 1.29 is 5.11 Å². The van der Waals surface area contributed by atoms with Crippen molar-refractivity contribution in [1.29, 1.82) is 5.26 Å². The first-order valence-electron chi connectivity index (χ1n) is 7.07. The fraction of sp³-hybridized carbons (Fsp3) is 0.667. The molecule has 2 heterocycles. The van der Waals surface area contributed by atoms with Gasteiger partial charge in [0.25, 0.3) is 0 Å². The molecule has 0 spiro atoms. The minimum atomic E-state index is 0.285. The van der Waals surface area contributed by atoms with E-state index >= 15 is 0 Å². The van der Waals surface area contributed by atoms with Crippen LogP contribution in [0.2, 0.25) is 0 Å². The molecular weight excluding hydrogens is 238 g/mol. The van der Waals surface area contributed by atoms with Gasteiger partial charge in [-0.1, -0.05) is 0 Å². The number of likely N-dealkylation sites (tertiary alicyclic amines) is 1. The molecule has 1 fully saturated rings. The highest BCUT2D eigenvalue weighted by atomic mass is 16.2. The molecule has 1 aromatic rings. The molecule has 0 saturated carbocycles. The maximum atomic E-state index is 9.07. The molecule has 1 unspecified atom stereocenters. The second-order valence-electron chi connectivity index (χ2n) is 5.44. The van der Waals surface area contributed by atoms with E-state index in [1.54, 1.807) is 0 Å². The van der Waals surface area contributed by atoms with E-state index in [1.807, 2.05) is 17.7 Å². The van der Waals surface area contributed by atoms with Crippen LogP contribution in [0.1, 0.15) is 42.6 Å². The first kappa shape index (κ1) is 14.1. The standard InChI is InChI=1S/C15H23N3O/c1-12-13(9-15(10-16)17(12)2)11-18-7-3-5-14(18)6-4-8-19/h9,14,19H,3-8,11H2,1-2H3.